The third-order valence-corrected chi connectivity index (χ3v) is 2.36. The molecule has 1 atom stereocenters. The van der Waals surface area contributed by atoms with Gasteiger partial charge in [-0.25, -0.2) is 4.98 Å². The lowest BCUT2D eigenvalue weighted by atomic mass is 10.1. The largest absolute Gasteiger partial charge is 0.480 e. The van der Waals surface area contributed by atoms with Gasteiger partial charge in [0, 0.05) is 25.7 Å². The molecule has 2 heterocycles. The number of carboxylic acid groups (broad SMARTS) is 1. The Bertz CT molecular complexity index is 345. The fourth-order valence-corrected chi connectivity index (χ4v) is 1.57. The third-order valence-electron chi connectivity index (χ3n) is 2.36. The SMILES string of the molecule is Cn1cnc2c1CC(C(=O)O)NC2. The molecule has 2 rings (SSSR count). The fourth-order valence-electron chi connectivity index (χ4n) is 1.57. The minimum Gasteiger partial charge on any atom is -0.480 e. The first-order chi connectivity index (χ1) is 6.18. The second-order valence-electron chi connectivity index (χ2n) is 3.22. The molecule has 0 fully saturated rings. The molecule has 1 aromatic rings. The molecule has 0 saturated carbocycles. The maximum Gasteiger partial charge on any atom is 0.321 e. The van der Waals surface area contributed by atoms with Crippen molar-refractivity contribution in [2.45, 2.75) is 19.0 Å². The van der Waals surface area contributed by atoms with E-state index in [9.17, 15) is 4.79 Å². The molecule has 1 aromatic heterocycles. The van der Waals surface area contributed by atoms with Crippen LogP contribution in [0.15, 0.2) is 6.33 Å². The maximum atomic E-state index is 10.7. The molecule has 5 heteroatoms. The summed E-state index contributed by atoms with van der Waals surface area (Å²) in [5, 5.41) is 11.7. The van der Waals surface area contributed by atoms with Crippen LogP contribution < -0.4 is 5.32 Å². The average Bonchev–Trinajstić information content (AvgIpc) is 2.47. The number of aryl methyl sites for hydroxylation is 1. The molecule has 0 aliphatic carbocycles. The van der Waals surface area contributed by atoms with E-state index in [1.165, 1.54) is 0 Å². The molecule has 5 nitrogen and oxygen atoms in total. The normalized spacial score (nSPS) is 21.2. The highest BCUT2D eigenvalue weighted by atomic mass is 16.4. The Morgan fingerprint density at radius 1 is 1.85 bits per heavy atom. The summed E-state index contributed by atoms with van der Waals surface area (Å²) in [5.41, 5.74) is 1.98. The summed E-state index contributed by atoms with van der Waals surface area (Å²) in [5.74, 6) is -0.799. The first kappa shape index (κ1) is 8.25. The van der Waals surface area contributed by atoms with Gasteiger partial charge in [0.25, 0.3) is 0 Å². The highest BCUT2D eigenvalue weighted by molar-refractivity contribution is 5.74. The maximum absolute atomic E-state index is 10.7. The van der Waals surface area contributed by atoms with Gasteiger partial charge < -0.3 is 9.67 Å². The first-order valence-electron chi connectivity index (χ1n) is 4.13. The highest BCUT2D eigenvalue weighted by Gasteiger charge is 2.25. The van der Waals surface area contributed by atoms with E-state index in [-0.39, 0.29) is 0 Å². The Morgan fingerprint density at radius 3 is 3.31 bits per heavy atom. The van der Waals surface area contributed by atoms with Crippen molar-refractivity contribution in [3.8, 4) is 0 Å². The van der Waals surface area contributed by atoms with Gasteiger partial charge >= 0.3 is 5.97 Å². The number of nitrogens with one attached hydrogen (secondary N) is 1. The molecule has 0 aromatic carbocycles. The number of carbonyl (C=O) groups is 1. The number of rotatable bonds is 1. The summed E-state index contributed by atoms with van der Waals surface area (Å²) in [6.07, 6.45) is 2.23. The third kappa shape index (κ3) is 1.31. The van der Waals surface area contributed by atoms with Crippen LogP contribution in [-0.2, 0) is 24.8 Å². The van der Waals surface area contributed by atoms with E-state index in [0.717, 1.165) is 11.4 Å². The Labute approximate surface area is 75.4 Å². The minimum atomic E-state index is -0.799. The summed E-state index contributed by atoms with van der Waals surface area (Å²) < 4.78 is 1.88. The van der Waals surface area contributed by atoms with Gasteiger partial charge in [-0.1, -0.05) is 0 Å². The monoisotopic (exact) mass is 181 g/mol. The van der Waals surface area contributed by atoms with Crippen molar-refractivity contribution in [1.82, 2.24) is 14.9 Å². The fraction of sp³-hybridized carbons (Fsp3) is 0.500. The topological polar surface area (TPSA) is 67.2 Å². The number of aromatic nitrogens is 2. The van der Waals surface area contributed by atoms with Gasteiger partial charge in [0.2, 0.25) is 0 Å². The summed E-state index contributed by atoms with van der Waals surface area (Å²) in [6, 6.07) is -0.470. The van der Waals surface area contributed by atoms with Crippen molar-refractivity contribution in [1.29, 1.82) is 0 Å². The van der Waals surface area contributed by atoms with Gasteiger partial charge in [-0.15, -0.1) is 0 Å². The van der Waals surface area contributed by atoms with E-state index < -0.39 is 12.0 Å². The number of hydrogen-bond donors (Lipinski definition) is 2. The number of carboxylic acids is 1. The van der Waals surface area contributed by atoms with Crippen LogP contribution in [-0.4, -0.2) is 26.7 Å². The second kappa shape index (κ2) is 2.85. The van der Waals surface area contributed by atoms with Crippen LogP contribution in [0.5, 0.6) is 0 Å². The second-order valence-corrected chi connectivity index (χ2v) is 3.22. The Morgan fingerprint density at radius 2 is 2.62 bits per heavy atom. The Hall–Kier alpha value is -1.36. The molecule has 1 aliphatic rings. The summed E-state index contributed by atoms with van der Waals surface area (Å²) >= 11 is 0. The van der Waals surface area contributed by atoms with E-state index in [0.29, 0.717) is 13.0 Å². The average molecular weight is 181 g/mol. The molecule has 1 aliphatic heterocycles. The van der Waals surface area contributed by atoms with E-state index in [1.54, 1.807) is 6.33 Å². The minimum absolute atomic E-state index is 0.470. The van der Waals surface area contributed by atoms with Gasteiger partial charge in [0.1, 0.15) is 6.04 Å². The van der Waals surface area contributed by atoms with Gasteiger partial charge in [-0.05, 0) is 0 Å². The molecule has 0 radical (unpaired) electrons. The Kier molecular flexibility index (Phi) is 1.81. The van der Waals surface area contributed by atoms with Gasteiger partial charge in [0.15, 0.2) is 0 Å². The zero-order valence-electron chi connectivity index (χ0n) is 7.32. The van der Waals surface area contributed by atoms with Gasteiger partial charge in [-0.2, -0.15) is 0 Å². The molecule has 0 bridgehead atoms. The molecule has 0 spiro atoms. The quantitative estimate of drug-likeness (QED) is 0.614. The number of imidazole rings is 1. The number of nitrogens with zero attached hydrogens (tertiary/aromatic N) is 2. The summed E-state index contributed by atoms with van der Waals surface area (Å²) in [7, 11) is 1.88. The zero-order valence-corrected chi connectivity index (χ0v) is 7.32. The van der Waals surface area contributed by atoms with Crippen LogP contribution in [0.4, 0.5) is 0 Å². The number of fused-ring (bicyclic) bond motifs is 1. The highest BCUT2D eigenvalue weighted by Crippen LogP contribution is 2.14. The molecular weight excluding hydrogens is 170 g/mol. The number of hydrogen-bond acceptors (Lipinski definition) is 3. The zero-order chi connectivity index (χ0) is 9.42. The number of aliphatic carboxylic acids is 1. The molecule has 2 N–H and O–H groups in total. The van der Waals surface area contributed by atoms with Crippen LogP contribution in [0.25, 0.3) is 0 Å². The van der Waals surface area contributed by atoms with Crippen molar-refractivity contribution in [3.05, 3.63) is 17.7 Å². The predicted molar refractivity (Wildman–Crippen MR) is 45.2 cm³/mol. The van der Waals surface area contributed by atoms with E-state index in [4.69, 9.17) is 5.11 Å². The van der Waals surface area contributed by atoms with Crippen molar-refractivity contribution in [2.75, 3.05) is 0 Å². The molecule has 0 amide bonds. The smallest absolute Gasteiger partial charge is 0.321 e. The van der Waals surface area contributed by atoms with Crippen molar-refractivity contribution < 1.29 is 9.90 Å². The molecule has 1 unspecified atom stereocenters. The van der Waals surface area contributed by atoms with Crippen LogP contribution in [0, 0.1) is 0 Å². The van der Waals surface area contributed by atoms with Gasteiger partial charge in [-0.3, -0.25) is 10.1 Å². The van der Waals surface area contributed by atoms with Crippen molar-refractivity contribution in [3.63, 3.8) is 0 Å². The lowest BCUT2D eigenvalue weighted by Crippen LogP contribution is -2.42. The van der Waals surface area contributed by atoms with Crippen LogP contribution in [0.1, 0.15) is 11.4 Å². The van der Waals surface area contributed by atoms with Crippen LogP contribution in [0.3, 0.4) is 0 Å². The lowest BCUT2D eigenvalue weighted by molar-refractivity contribution is -0.139. The van der Waals surface area contributed by atoms with E-state index >= 15 is 0 Å². The lowest BCUT2D eigenvalue weighted by Gasteiger charge is -2.20. The predicted octanol–water partition coefficient (Wildman–Crippen LogP) is -0.481. The van der Waals surface area contributed by atoms with Crippen LogP contribution >= 0.6 is 0 Å². The molecular formula is C8H11N3O2. The first-order valence-corrected chi connectivity index (χ1v) is 4.13. The van der Waals surface area contributed by atoms with Crippen LogP contribution in [0.2, 0.25) is 0 Å². The van der Waals surface area contributed by atoms with Crippen molar-refractivity contribution in [2.24, 2.45) is 7.05 Å². The molecule has 70 valence electrons. The van der Waals surface area contributed by atoms with E-state index in [1.807, 2.05) is 11.6 Å². The summed E-state index contributed by atoms with van der Waals surface area (Å²) in [6.45, 7) is 0.549. The Balaban J connectivity index is 2.27. The van der Waals surface area contributed by atoms with Crippen molar-refractivity contribution >= 4 is 5.97 Å². The standard InChI is InChI=1S/C8H11N3O2/c1-11-4-10-6-3-9-5(8(12)13)2-7(6)11/h4-5,9H,2-3H2,1H3,(H,12,13). The van der Waals surface area contributed by atoms with Gasteiger partial charge in [0.05, 0.1) is 12.0 Å². The summed E-state index contributed by atoms with van der Waals surface area (Å²) in [4.78, 5) is 14.9. The molecule has 0 saturated heterocycles. The molecule has 13 heavy (non-hydrogen) atoms. The van der Waals surface area contributed by atoms with E-state index in [2.05, 4.69) is 10.3 Å².